The van der Waals surface area contributed by atoms with Gasteiger partial charge in [0.1, 0.15) is 6.10 Å². The lowest BCUT2D eigenvalue weighted by atomic mass is 9.90. The van der Waals surface area contributed by atoms with E-state index >= 15 is 0 Å². The summed E-state index contributed by atoms with van der Waals surface area (Å²) >= 11 is 0. The first kappa shape index (κ1) is 12.4. The van der Waals surface area contributed by atoms with Gasteiger partial charge in [-0.2, -0.15) is 0 Å². The van der Waals surface area contributed by atoms with E-state index in [9.17, 15) is 20.0 Å². The fourth-order valence-corrected chi connectivity index (χ4v) is 2.10. The maximum atomic E-state index is 11.7. The Morgan fingerprint density at radius 1 is 1.33 bits per heavy atom. The second-order valence-electron chi connectivity index (χ2n) is 4.19. The number of aliphatic hydroxyl groups is 1. The molecule has 0 saturated carbocycles. The van der Waals surface area contributed by atoms with Crippen molar-refractivity contribution in [2.75, 3.05) is 0 Å². The molecular formula is C13H13NO4. The SMILES string of the molecule is O=C1CCCC=C1C(O)c1ccccc1[N+](=O)[O-]. The molecule has 0 aliphatic heterocycles. The van der Waals surface area contributed by atoms with Crippen LogP contribution in [0.2, 0.25) is 0 Å². The average molecular weight is 247 g/mol. The summed E-state index contributed by atoms with van der Waals surface area (Å²) in [4.78, 5) is 22.0. The monoisotopic (exact) mass is 247 g/mol. The zero-order chi connectivity index (χ0) is 13.1. The molecule has 1 aromatic rings. The smallest absolute Gasteiger partial charge is 0.275 e. The van der Waals surface area contributed by atoms with Crippen molar-refractivity contribution in [3.05, 3.63) is 51.6 Å². The lowest BCUT2D eigenvalue weighted by Crippen LogP contribution is -2.15. The number of hydrogen-bond acceptors (Lipinski definition) is 4. The van der Waals surface area contributed by atoms with Crippen LogP contribution in [0.5, 0.6) is 0 Å². The predicted octanol–water partition coefficient (Wildman–Crippen LogP) is 2.31. The molecular weight excluding hydrogens is 234 g/mol. The molecule has 1 aromatic carbocycles. The lowest BCUT2D eigenvalue weighted by Gasteiger charge is -2.17. The van der Waals surface area contributed by atoms with E-state index in [2.05, 4.69) is 0 Å². The zero-order valence-electron chi connectivity index (χ0n) is 9.70. The van der Waals surface area contributed by atoms with E-state index in [4.69, 9.17) is 0 Å². The fourth-order valence-electron chi connectivity index (χ4n) is 2.10. The zero-order valence-corrected chi connectivity index (χ0v) is 9.70. The molecule has 1 N–H and O–H groups in total. The van der Waals surface area contributed by atoms with Gasteiger partial charge in [0.25, 0.3) is 5.69 Å². The number of carbonyl (C=O) groups excluding carboxylic acids is 1. The molecule has 1 aliphatic carbocycles. The number of Topliss-reactive ketones (excluding diaryl/α,β-unsaturated/α-hetero) is 1. The van der Waals surface area contributed by atoms with E-state index < -0.39 is 11.0 Å². The number of benzene rings is 1. The Morgan fingerprint density at radius 2 is 2.06 bits per heavy atom. The Kier molecular flexibility index (Phi) is 3.53. The molecule has 2 rings (SSSR count). The van der Waals surface area contributed by atoms with Gasteiger partial charge < -0.3 is 5.11 Å². The van der Waals surface area contributed by atoms with Crippen LogP contribution in [-0.4, -0.2) is 15.8 Å². The van der Waals surface area contributed by atoms with Crippen LogP contribution in [0.3, 0.4) is 0 Å². The molecule has 0 radical (unpaired) electrons. The molecule has 0 heterocycles. The molecule has 94 valence electrons. The Bertz CT molecular complexity index is 521. The van der Waals surface area contributed by atoms with Crippen LogP contribution in [0.1, 0.15) is 30.9 Å². The molecule has 0 bridgehead atoms. The Hall–Kier alpha value is -2.01. The van der Waals surface area contributed by atoms with E-state index in [1.54, 1.807) is 12.1 Å². The number of nitro benzene ring substituents is 1. The highest BCUT2D eigenvalue weighted by atomic mass is 16.6. The third kappa shape index (κ3) is 2.31. The number of para-hydroxylation sites is 1. The summed E-state index contributed by atoms with van der Waals surface area (Å²) in [7, 11) is 0. The van der Waals surface area contributed by atoms with Crippen molar-refractivity contribution in [3.63, 3.8) is 0 Å². The maximum absolute atomic E-state index is 11.7. The highest BCUT2D eigenvalue weighted by molar-refractivity contribution is 5.97. The third-order valence-corrected chi connectivity index (χ3v) is 3.02. The van der Waals surface area contributed by atoms with Crippen LogP contribution in [0.15, 0.2) is 35.9 Å². The predicted molar refractivity (Wildman–Crippen MR) is 65.0 cm³/mol. The number of nitro groups is 1. The van der Waals surface area contributed by atoms with Gasteiger partial charge in [0, 0.05) is 18.1 Å². The standard InChI is InChI=1S/C13H13NO4/c15-12-8-4-2-6-10(12)13(16)9-5-1-3-7-11(9)14(17)18/h1,3,5-7,13,16H,2,4,8H2. The van der Waals surface area contributed by atoms with E-state index in [0.717, 1.165) is 12.8 Å². The second kappa shape index (κ2) is 5.10. The number of carbonyl (C=O) groups is 1. The Labute approximate surface area is 104 Å². The third-order valence-electron chi connectivity index (χ3n) is 3.02. The van der Waals surface area contributed by atoms with Gasteiger partial charge in [-0.05, 0) is 18.9 Å². The van der Waals surface area contributed by atoms with E-state index in [1.807, 2.05) is 0 Å². The first-order valence-corrected chi connectivity index (χ1v) is 5.76. The Morgan fingerprint density at radius 3 is 2.72 bits per heavy atom. The number of allylic oxidation sites excluding steroid dienone is 1. The van der Waals surface area contributed by atoms with Crippen LogP contribution in [-0.2, 0) is 4.79 Å². The number of hydrogen-bond donors (Lipinski definition) is 1. The van der Waals surface area contributed by atoms with Gasteiger partial charge in [0.05, 0.1) is 10.5 Å². The maximum Gasteiger partial charge on any atom is 0.275 e. The molecule has 0 fully saturated rings. The molecule has 0 spiro atoms. The van der Waals surface area contributed by atoms with Crippen LogP contribution in [0, 0.1) is 10.1 Å². The van der Waals surface area contributed by atoms with Crippen LogP contribution in [0.4, 0.5) is 5.69 Å². The van der Waals surface area contributed by atoms with Crippen molar-refractivity contribution in [3.8, 4) is 0 Å². The number of rotatable bonds is 3. The molecule has 0 saturated heterocycles. The summed E-state index contributed by atoms with van der Waals surface area (Å²) in [5.74, 6) is -0.132. The number of aliphatic hydroxyl groups excluding tert-OH is 1. The minimum atomic E-state index is -1.21. The van der Waals surface area contributed by atoms with Gasteiger partial charge in [-0.3, -0.25) is 14.9 Å². The molecule has 1 atom stereocenters. The summed E-state index contributed by atoms with van der Waals surface area (Å²) in [6.45, 7) is 0. The summed E-state index contributed by atoms with van der Waals surface area (Å²) in [6.07, 6.45) is 2.35. The molecule has 1 unspecified atom stereocenters. The molecule has 0 amide bonds. The summed E-state index contributed by atoms with van der Waals surface area (Å²) in [5, 5.41) is 21.0. The normalized spacial score (nSPS) is 17.2. The van der Waals surface area contributed by atoms with Gasteiger partial charge in [-0.25, -0.2) is 0 Å². The first-order valence-electron chi connectivity index (χ1n) is 5.76. The van der Waals surface area contributed by atoms with Gasteiger partial charge in [-0.1, -0.05) is 18.2 Å². The number of ketones is 1. The Balaban J connectivity index is 2.40. The van der Waals surface area contributed by atoms with Crippen LogP contribution in [0.25, 0.3) is 0 Å². The highest BCUT2D eigenvalue weighted by Gasteiger charge is 2.27. The summed E-state index contributed by atoms with van der Waals surface area (Å²) in [6, 6.07) is 5.95. The minimum absolute atomic E-state index is 0.132. The highest BCUT2D eigenvalue weighted by Crippen LogP contribution is 2.32. The molecule has 5 nitrogen and oxygen atoms in total. The van der Waals surface area contributed by atoms with Gasteiger partial charge in [0.15, 0.2) is 5.78 Å². The summed E-state index contributed by atoms with van der Waals surface area (Å²) in [5.41, 5.74) is 0.281. The molecule has 5 heteroatoms. The van der Waals surface area contributed by atoms with Crippen LogP contribution < -0.4 is 0 Å². The van der Waals surface area contributed by atoms with Crippen molar-refractivity contribution in [2.45, 2.75) is 25.4 Å². The van der Waals surface area contributed by atoms with Crippen molar-refractivity contribution in [1.82, 2.24) is 0 Å². The molecule has 18 heavy (non-hydrogen) atoms. The molecule has 1 aliphatic rings. The van der Waals surface area contributed by atoms with E-state index in [-0.39, 0.29) is 22.6 Å². The minimum Gasteiger partial charge on any atom is -0.383 e. The van der Waals surface area contributed by atoms with Crippen LogP contribution >= 0.6 is 0 Å². The first-order chi connectivity index (χ1) is 8.61. The number of nitrogens with zero attached hydrogens (tertiary/aromatic N) is 1. The average Bonchev–Trinajstić information content (AvgIpc) is 2.38. The van der Waals surface area contributed by atoms with Crippen molar-refractivity contribution >= 4 is 11.5 Å². The fraction of sp³-hybridized carbons (Fsp3) is 0.308. The summed E-state index contributed by atoms with van der Waals surface area (Å²) < 4.78 is 0. The lowest BCUT2D eigenvalue weighted by molar-refractivity contribution is -0.386. The quantitative estimate of drug-likeness (QED) is 0.656. The molecule has 0 aromatic heterocycles. The second-order valence-corrected chi connectivity index (χ2v) is 4.19. The van der Waals surface area contributed by atoms with Gasteiger partial charge >= 0.3 is 0 Å². The van der Waals surface area contributed by atoms with Crippen molar-refractivity contribution < 1.29 is 14.8 Å². The largest absolute Gasteiger partial charge is 0.383 e. The van der Waals surface area contributed by atoms with Gasteiger partial charge in [-0.15, -0.1) is 0 Å². The van der Waals surface area contributed by atoms with Crippen molar-refractivity contribution in [1.29, 1.82) is 0 Å². The van der Waals surface area contributed by atoms with E-state index in [1.165, 1.54) is 18.2 Å². The van der Waals surface area contributed by atoms with Crippen molar-refractivity contribution in [2.24, 2.45) is 0 Å². The van der Waals surface area contributed by atoms with E-state index in [0.29, 0.717) is 6.42 Å². The van der Waals surface area contributed by atoms with Gasteiger partial charge in [0.2, 0.25) is 0 Å². The topological polar surface area (TPSA) is 80.4 Å².